The van der Waals surface area contributed by atoms with E-state index in [0.717, 1.165) is 6.54 Å². The molecular weight excluding hydrogens is 296 g/mol. The maximum atomic E-state index is 5.93. The minimum atomic E-state index is 0.482. The van der Waals surface area contributed by atoms with Gasteiger partial charge in [0.25, 0.3) is 0 Å². The van der Waals surface area contributed by atoms with E-state index in [1.807, 2.05) is 11.3 Å². The molecule has 1 saturated heterocycles. The molecule has 17 heavy (non-hydrogen) atoms. The van der Waals surface area contributed by atoms with E-state index in [-0.39, 0.29) is 0 Å². The lowest BCUT2D eigenvalue weighted by molar-refractivity contribution is 0.0585. The lowest BCUT2D eigenvalue weighted by Gasteiger charge is -2.43. The molecule has 1 aromatic rings. The second kappa shape index (κ2) is 5.83. The fraction of sp³-hybridized carbons (Fsp3) is 0.692. The van der Waals surface area contributed by atoms with Crippen LogP contribution in [-0.4, -0.2) is 23.5 Å². The first-order valence-electron chi connectivity index (χ1n) is 6.35. The third-order valence-corrected chi connectivity index (χ3v) is 5.67. The molecule has 0 spiro atoms. The molecule has 1 aliphatic rings. The lowest BCUT2D eigenvalue weighted by atomic mass is 9.94. The molecule has 1 aromatic heterocycles. The Hall–Kier alpha value is 0.1000. The first-order valence-corrected chi connectivity index (χ1v) is 8.02. The highest BCUT2D eigenvalue weighted by Crippen LogP contribution is 2.35. The zero-order valence-corrected chi connectivity index (χ0v) is 12.9. The van der Waals surface area contributed by atoms with Gasteiger partial charge in [0, 0.05) is 39.4 Å². The molecule has 2 nitrogen and oxygen atoms in total. The van der Waals surface area contributed by atoms with Gasteiger partial charge < -0.3 is 5.73 Å². The van der Waals surface area contributed by atoms with Gasteiger partial charge in [0.15, 0.2) is 0 Å². The van der Waals surface area contributed by atoms with Crippen LogP contribution in [0.4, 0.5) is 0 Å². The van der Waals surface area contributed by atoms with Crippen LogP contribution in [-0.2, 0) is 0 Å². The van der Waals surface area contributed by atoms with E-state index in [1.165, 1.54) is 28.6 Å². The summed E-state index contributed by atoms with van der Waals surface area (Å²) in [6, 6.07) is 3.92. The van der Waals surface area contributed by atoms with E-state index < -0.39 is 0 Å². The molecule has 96 valence electrons. The van der Waals surface area contributed by atoms with E-state index >= 15 is 0 Å². The third-order valence-electron chi connectivity index (χ3n) is 3.81. The Kier molecular flexibility index (Phi) is 4.64. The Balaban J connectivity index is 2.17. The topological polar surface area (TPSA) is 29.3 Å². The molecule has 2 heterocycles. The summed E-state index contributed by atoms with van der Waals surface area (Å²) in [4.78, 5) is 4.05. The van der Waals surface area contributed by atoms with Gasteiger partial charge in [0.1, 0.15) is 0 Å². The van der Waals surface area contributed by atoms with Crippen molar-refractivity contribution in [3.05, 3.63) is 20.8 Å². The predicted octanol–water partition coefficient (Wildman–Crippen LogP) is 3.77. The van der Waals surface area contributed by atoms with Crippen LogP contribution in [0.2, 0.25) is 0 Å². The summed E-state index contributed by atoms with van der Waals surface area (Å²) >= 11 is 5.38. The van der Waals surface area contributed by atoms with E-state index in [1.54, 1.807) is 0 Å². The molecule has 0 radical (unpaired) electrons. The molecule has 1 fully saturated rings. The van der Waals surface area contributed by atoms with Crippen molar-refractivity contribution >= 4 is 27.3 Å². The van der Waals surface area contributed by atoms with Crippen molar-refractivity contribution in [3.63, 3.8) is 0 Å². The third kappa shape index (κ3) is 2.92. The number of halogens is 1. The van der Waals surface area contributed by atoms with Gasteiger partial charge in [-0.2, -0.15) is 0 Å². The standard InChI is InChI=1S/C13H21BrN2S/c1-9-4-3-5-12(7-15)16(9)10(2)13-6-11(14)8-17-13/h6,8-10,12H,3-5,7,15H2,1-2H3. The molecule has 0 amide bonds. The van der Waals surface area contributed by atoms with Gasteiger partial charge in [0.05, 0.1) is 0 Å². The summed E-state index contributed by atoms with van der Waals surface area (Å²) < 4.78 is 1.19. The predicted molar refractivity (Wildman–Crippen MR) is 78.4 cm³/mol. The van der Waals surface area contributed by atoms with Gasteiger partial charge in [-0.25, -0.2) is 0 Å². The highest BCUT2D eigenvalue weighted by atomic mass is 79.9. The molecule has 3 unspecified atom stereocenters. The van der Waals surface area contributed by atoms with Gasteiger partial charge in [-0.1, -0.05) is 6.42 Å². The van der Waals surface area contributed by atoms with Crippen molar-refractivity contribution in [2.75, 3.05) is 6.54 Å². The van der Waals surface area contributed by atoms with Crippen molar-refractivity contribution in [3.8, 4) is 0 Å². The molecule has 0 aliphatic carbocycles. The molecule has 2 rings (SSSR count). The van der Waals surface area contributed by atoms with Gasteiger partial charge in [-0.3, -0.25) is 4.90 Å². The summed E-state index contributed by atoms with van der Waals surface area (Å²) in [5, 5.41) is 2.16. The van der Waals surface area contributed by atoms with Crippen LogP contribution in [0.1, 0.15) is 44.0 Å². The minimum Gasteiger partial charge on any atom is -0.329 e. The molecule has 0 aromatic carbocycles. The van der Waals surface area contributed by atoms with Crippen LogP contribution in [0.5, 0.6) is 0 Å². The van der Waals surface area contributed by atoms with Gasteiger partial charge >= 0.3 is 0 Å². The monoisotopic (exact) mass is 316 g/mol. The van der Waals surface area contributed by atoms with E-state index in [2.05, 4.69) is 46.1 Å². The van der Waals surface area contributed by atoms with Gasteiger partial charge in [-0.15, -0.1) is 11.3 Å². The number of nitrogens with two attached hydrogens (primary N) is 1. The highest BCUT2D eigenvalue weighted by molar-refractivity contribution is 9.10. The van der Waals surface area contributed by atoms with Crippen molar-refractivity contribution in [2.24, 2.45) is 5.73 Å². The van der Waals surface area contributed by atoms with Crippen LogP contribution >= 0.6 is 27.3 Å². The SMILES string of the molecule is CC1CCCC(CN)N1C(C)c1cc(Br)cs1. The molecule has 3 atom stereocenters. The normalized spacial score (nSPS) is 28.2. The van der Waals surface area contributed by atoms with E-state index in [0.29, 0.717) is 18.1 Å². The zero-order chi connectivity index (χ0) is 12.4. The van der Waals surface area contributed by atoms with Gasteiger partial charge in [-0.05, 0) is 48.7 Å². The van der Waals surface area contributed by atoms with Crippen molar-refractivity contribution in [1.82, 2.24) is 4.90 Å². The lowest BCUT2D eigenvalue weighted by Crippen LogP contribution is -2.49. The van der Waals surface area contributed by atoms with E-state index in [9.17, 15) is 0 Å². The number of piperidine rings is 1. The Bertz CT molecular complexity index is 366. The van der Waals surface area contributed by atoms with Crippen molar-refractivity contribution in [1.29, 1.82) is 0 Å². The van der Waals surface area contributed by atoms with Crippen LogP contribution < -0.4 is 5.73 Å². The maximum absolute atomic E-state index is 5.93. The molecule has 4 heteroatoms. The zero-order valence-electron chi connectivity index (χ0n) is 10.5. The molecule has 1 aliphatic heterocycles. The highest BCUT2D eigenvalue weighted by Gasteiger charge is 2.31. The Morgan fingerprint density at radius 2 is 2.35 bits per heavy atom. The smallest absolute Gasteiger partial charge is 0.0420 e. The fourth-order valence-electron chi connectivity index (χ4n) is 2.94. The summed E-state index contributed by atoms with van der Waals surface area (Å²) in [6.45, 7) is 5.42. The number of likely N-dealkylation sites (tertiary alicyclic amines) is 1. The Labute approximate surface area is 116 Å². The number of thiophene rings is 1. The Morgan fingerprint density at radius 3 is 2.94 bits per heavy atom. The Morgan fingerprint density at radius 1 is 1.59 bits per heavy atom. The average Bonchev–Trinajstić information content (AvgIpc) is 2.74. The molecule has 0 saturated carbocycles. The minimum absolute atomic E-state index is 0.482. The number of hydrogen-bond acceptors (Lipinski definition) is 3. The number of rotatable bonds is 3. The van der Waals surface area contributed by atoms with Crippen molar-refractivity contribution < 1.29 is 0 Å². The fourth-order valence-corrected chi connectivity index (χ4v) is 4.45. The average molecular weight is 317 g/mol. The van der Waals surface area contributed by atoms with Crippen LogP contribution in [0.25, 0.3) is 0 Å². The first kappa shape index (κ1) is 13.5. The largest absolute Gasteiger partial charge is 0.329 e. The summed E-state index contributed by atoms with van der Waals surface area (Å²) in [5.41, 5.74) is 5.93. The molecule has 0 bridgehead atoms. The second-order valence-corrected chi connectivity index (χ2v) is 6.82. The van der Waals surface area contributed by atoms with Crippen molar-refractivity contribution in [2.45, 2.75) is 51.2 Å². The quantitative estimate of drug-likeness (QED) is 0.919. The summed E-state index contributed by atoms with van der Waals surface area (Å²) in [6.07, 6.45) is 3.87. The second-order valence-electron chi connectivity index (χ2n) is 4.96. The van der Waals surface area contributed by atoms with Crippen LogP contribution in [0.3, 0.4) is 0 Å². The summed E-state index contributed by atoms with van der Waals surface area (Å²) in [5.74, 6) is 0. The van der Waals surface area contributed by atoms with E-state index in [4.69, 9.17) is 5.73 Å². The van der Waals surface area contributed by atoms with Crippen LogP contribution in [0, 0.1) is 0 Å². The summed E-state index contributed by atoms with van der Waals surface area (Å²) in [7, 11) is 0. The molecular formula is C13H21BrN2S. The number of hydrogen-bond donors (Lipinski definition) is 1. The first-order chi connectivity index (χ1) is 8.13. The van der Waals surface area contributed by atoms with Gasteiger partial charge in [0.2, 0.25) is 0 Å². The number of nitrogens with zero attached hydrogens (tertiary/aromatic N) is 1. The maximum Gasteiger partial charge on any atom is 0.0420 e. The molecule has 2 N–H and O–H groups in total. The van der Waals surface area contributed by atoms with Crippen LogP contribution in [0.15, 0.2) is 15.9 Å².